The standard InChI is InChI=1S/C16H24ClN3O/c1-12(11-20-7-3-2-4-8-20)10-19-16(21)14-9-13(18)5-6-15(14)17/h5-6,9,12H,2-4,7-8,10-11,18H2,1H3,(H,19,21). The molecule has 0 spiro atoms. The summed E-state index contributed by atoms with van der Waals surface area (Å²) in [6.45, 7) is 6.21. The van der Waals surface area contributed by atoms with Crippen LogP contribution in [0.5, 0.6) is 0 Å². The van der Waals surface area contributed by atoms with E-state index in [2.05, 4.69) is 17.1 Å². The summed E-state index contributed by atoms with van der Waals surface area (Å²) in [5, 5.41) is 3.39. The Bertz CT molecular complexity index is 486. The summed E-state index contributed by atoms with van der Waals surface area (Å²) < 4.78 is 0. The van der Waals surface area contributed by atoms with Gasteiger partial charge in [-0.1, -0.05) is 24.9 Å². The Hall–Kier alpha value is -1.26. The van der Waals surface area contributed by atoms with E-state index < -0.39 is 0 Å². The highest BCUT2D eigenvalue weighted by molar-refractivity contribution is 6.34. The van der Waals surface area contributed by atoms with Crippen LogP contribution >= 0.6 is 11.6 Å². The molecule has 1 heterocycles. The smallest absolute Gasteiger partial charge is 0.252 e. The van der Waals surface area contributed by atoms with Crippen LogP contribution in [0.2, 0.25) is 5.02 Å². The second-order valence-corrected chi connectivity index (χ2v) is 6.32. The van der Waals surface area contributed by atoms with Gasteiger partial charge in [-0.2, -0.15) is 0 Å². The lowest BCUT2D eigenvalue weighted by molar-refractivity contribution is 0.0943. The van der Waals surface area contributed by atoms with Crippen molar-refractivity contribution in [2.45, 2.75) is 26.2 Å². The van der Waals surface area contributed by atoms with Crippen LogP contribution in [0.25, 0.3) is 0 Å². The Balaban J connectivity index is 1.81. The maximum absolute atomic E-state index is 12.1. The molecule has 116 valence electrons. The highest BCUT2D eigenvalue weighted by atomic mass is 35.5. The Labute approximate surface area is 131 Å². The molecule has 3 N–H and O–H groups in total. The second-order valence-electron chi connectivity index (χ2n) is 5.92. The third kappa shape index (κ3) is 4.90. The number of hydrogen-bond donors (Lipinski definition) is 2. The van der Waals surface area contributed by atoms with E-state index in [-0.39, 0.29) is 5.91 Å². The van der Waals surface area contributed by atoms with Gasteiger partial charge < -0.3 is 16.0 Å². The zero-order valence-corrected chi connectivity index (χ0v) is 13.3. The molecular weight excluding hydrogens is 286 g/mol. The van der Waals surface area contributed by atoms with Crippen molar-refractivity contribution in [1.82, 2.24) is 10.2 Å². The minimum absolute atomic E-state index is 0.155. The first-order chi connectivity index (χ1) is 10.1. The molecule has 1 amide bonds. The number of carbonyl (C=O) groups is 1. The molecule has 1 fully saturated rings. The van der Waals surface area contributed by atoms with Gasteiger partial charge >= 0.3 is 0 Å². The summed E-state index contributed by atoms with van der Waals surface area (Å²) in [6, 6.07) is 4.97. The van der Waals surface area contributed by atoms with Crippen LogP contribution in [-0.4, -0.2) is 37.0 Å². The molecule has 0 aliphatic carbocycles. The molecule has 1 aromatic carbocycles. The van der Waals surface area contributed by atoms with E-state index in [1.807, 2.05) is 0 Å². The van der Waals surface area contributed by atoms with Gasteiger partial charge in [0.1, 0.15) is 0 Å². The predicted molar refractivity (Wildman–Crippen MR) is 87.7 cm³/mol. The number of amides is 1. The molecule has 4 nitrogen and oxygen atoms in total. The number of anilines is 1. The van der Waals surface area contributed by atoms with Gasteiger partial charge in [0.15, 0.2) is 0 Å². The number of rotatable bonds is 5. The normalized spacial score (nSPS) is 17.4. The number of benzene rings is 1. The minimum Gasteiger partial charge on any atom is -0.399 e. The number of hydrogen-bond acceptors (Lipinski definition) is 3. The summed E-state index contributed by atoms with van der Waals surface area (Å²) in [7, 11) is 0. The van der Waals surface area contributed by atoms with Gasteiger partial charge in [0.2, 0.25) is 0 Å². The average Bonchev–Trinajstić information content (AvgIpc) is 2.48. The molecule has 1 aliphatic rings. The zero-order valence-electron chi connectivity index (χ0n) is 12.6. The number of nitrogens with one attached hydrogen (secondary N) is 1. The van der Waals surface area contributed by atoms with E-state index in [1.54, 1.807) is 18.2 Å². The topological polar surface area (TPSA) is 58.4 Å². The van der Waals surface area contributed by atoms with Gasteiger partial charge in [0.25, 0.3) is 5.91 Å². The highest BCUT2D eigenvalue weighted by Gasteiger charge is 2.15. The molecule has 1 saturated heterocycles. The summed E-state index contributed by atoms with van der Waals surface area (Å²) in [5.41, 5.74) is 6.69. The number of nitrogens with two attached hydrogens (primary N) is 1. The molecule has 1 aromatic rings. The fourth-order valence-corrected chi connectivity index (χ4v) is 2.93. The number of halogens is 1. The third-order valence-electron chi connectivity index (χ3n) is 3.86. The van der Waals surface area contributed by atoms with Crippen molar-refractivity contribution in [2.24, 2.45) is 5.92 Å². The fraction of sp³-hybridized carbons (Fsp3) is 0.562. The first-order valence-electron chi connectivity index (χ1n) is 7.62. The first-order valence-corrected chi connectivity index (χ1v) is 7.99. The quantitative estimate of drug-likeness (QED) is 0.822. The lowest BCUT2D eigenvalue weighted by atomic mass is 10.1. The molecule has 0 bridgehead atoms. The first kappa shape index (κ1) is 16.1. The Kier molecular flexibility index (Phi) is 5.88. The van der Waals surface area contributed by atoms with Crippen molar-refractivity contribution in [3.05, 3.63) is 28.8 Å². The molecule has 0 aromatic heterocycles. The third-order valence-corrected chi connectivity index (χ3v) is 4.19. The summed E-state index contributed by atoms with van der Waals surface area (Å²) in [6.07, 6.45) is 3.92. The fourth-order valence-electron chi connectivity index (χ4n) is 2.73. The van der Waals surface area contributed by atoms with Crippen molar-refractivity contribution in [1.29, 1.82) is 0 Å². The monoisotopic (exact) mass is 309 g/mol. The van der Waals surface area contributed by atoms with E-state index in [9.17, 15) is 4.79 Å². The van der Waals surface area contributed by atoms with Crippen LogP contribution in [0.1, 0.15) is 36.5 Å². The van der Waals surface area contributed by atoms with Crippen LogP contribution < -0.4 is 11.1 Å². The number of nitrogen functional groups attached to an aromatic ring is 1. The van der Waals surface area contributed by atoms with Crippen LogP contribution in [0.15, 0.2) is 18.2 Å². The van der Waals surface area contributed by atoms with Crippen molar-refractivity contribution >= 4 is 23.2 Å². The van der Waals surface area contributed by atoms with Crippen molar-refractivity contribution in [3.63, 3.8) is 0 Å². The SMILES string of the molecule is CC(CNC(=O)c1cc(N)ccc1Cl)CN1CCCCC1. The van der Waals surface area contributed by atoms with E-state index in [4.69, 9.17) is 17.3 Å². The highest BCUT2D eigenvalue weighted by Crippen LogP contribution is 2.18. The number of likely N-dealkylation sites (tertiary alicyclic amines) is 1. The molecule has 2 rings (SSSR count). The summed E-state index contributed by atoms with van der Waals surface area (Å²) in [4.78, 5) is 14.6. The van der Waals surface area contributed by atoms with Gasteiger partial charge in [0.05, 0.1) is 10.6 Å². The molecule has 21 heavy (non-hydrogen) atoms. The Morgan fingerprint density at radius 2 is 2.10 bits per heavy atom. The van der Waals surface area contributed by atoms with E-state index in [0.717, 1.165) is 6.54 Å². The van der Waals surface area contributed by atoms with E-state index in [0.29, 0.717) is 28.7 Å². The van der Waals surface area contributed by atoms with Gasteiger partial charge in [-0.05, 0) is 50.0 Å². The molecule has 0 saturated carbocycles. The summed E-state index contributed by atoms with van der Waals surface area (Å²) in [5.74, 6) is 0.268. The van der Waals surface area contributed by atoms with Crippen molar-refractivity contribution < 1.29 is 4.79 Å². The van der Waals surface area contributed by atoms with Gasteiger partial charge in [0, 0.05) is 18.8 Å². The van der Waals surface area contributed by atoms with Crippen LogP contribution in [0.4, 0.5) is 5.69 Å². The molecule has 5 heteroatoms. The van der Waals surface area contributed by atoms with Crippen molar-refractivity contribution in [3.8, 4) is 0 Å². The Morgan fingerprint density at radius 1 is 1.38 bits per heavy atom. The molecule has 0 radical (unpaired) electrons. The minimum atomic E-state index is -0.155. The van der Waals surface area contributed by atoms with Crippen molar-refractivity contribution in [2.75, 3.05) is 31.9 Å². The van der Waals surface area contributed by atoms with Gasteiger partial charge in [-0.15, -0.1) is 0 Å². The van der Waals surface area contributed by atoms with Crippen LogP contribution in [0, 0.1) is 5.92 Å². The number of carbonyl (C=O) groups excluding carboxylic acids is 1. The molecule has 1 unspecified atom stereocenters. The summed E-state index contributed by atoms with van der Waals surface area (Å²) >= 11 is 6.04. The largest absolute Gasteiger partial charge is 0.399 e. The zero-order chi connectivity index (χ0) is 15.2. The van der Waals surface area contributed by atoms with E-state index >= 15 is 0 Å². The molecule has 1 atom stereocenters. The van der Waals surface area contributed by atoms with Crippen LogP contribution in [-0.2, 0) is 0 Å². The number of piperidine rings is 1. The molecule has 1 aliphatic heterocycles. The Morgan fingerprint density at radius 3 is 2.81 bits per heavy atom. The lowest BCUT2D eigenvalue weighted by Gasteiger charge is -2.29. The maximum atomic E-state index is 12.1. The average molecular weight is 310 g/mol. The predicted octanol–water partition coefficient (Wildman–Crippen LogP) is 2.77. The van der Waals surface area contributed by atoms with Gasteiger partial charge in [-0.25, -0.2) is 0 Å². The molecular formula is C16H24ClN3O. The maximum Gasteiger partial charge on any atom is 0.252 e. The number of nitrogens with zero attached hydrogens (tertiary/aromatic N) is 1. The second kappa shape index (κ2) is 7.66. The lowest BCUT2D eigenvalue weighted by Crippen LogP contribution is -2.38. The van der Waals surface area contributed by atoms with Crippen LogP contribution in [0.3, 0.4) is 0 Å². The van der Waals surface area contributed by atoms with E-state index in [1.165, 1.54) is 32.4 Å². The van der Waals surface area contributed by atoms with Gasteiger partial charge in [-0.3, -0.25) is 4.79 Å².